The molecule has 3 N–H and O–H groups in total. The van der Waals surface area contributed by atoms with Gasteiger partial charge in [-0.25, -0.2) is 8.42 Å². The van der Waals surface area contributed by atoms with Gasteiger partial charge in [0.1, 0.15) is 0 Å². The van der Waals surface area contributed by atoms with E-state index >= 15 is 0 Å². The summed E-state index contributed by atoms with van der Waals surface area (Å²) in [7, 11) is -3.53. The van der Waals surface area contributed by atoms with E-state index in [4.69, 9.17) is 12.2 Å². The largest absolute Gasteiger partial charge is 0.319 e. The third kappa shape index (κ3) is 4.71. The Morgan fingerprint density at radius 3 is 2.58 bits per heavy atom. The van der Waals surface area contributed by atoms with E-state index in [2.05, 4.69) is 5.92 Å². The van der Waals surface area contributed by atoms with Gasteiger partial charge >= 0.3 is 0 Å². The predicted molar refractivity (Wildman–Crippen MR) is 44.4 cm³/mol. The topological polar surface area (TPSA) is 89.3 Å². The normalized spacial score (nSPS) is 13.1. The van der Waals surface area contributed by atoms with Gasteiger partial charge in [-0.2, -0.15) is 0 Å². The summed E-state index contributed by atoms with van der Waals surface area (Å²) in [6, 6.07) is -0.968. The minimum Gasteiger partial charge on any atom is -0.319 e. The highest BCUT2D eigenvalue weighted by atomic mass is 32.2. The van der Waals surface area contributed by atoms with Gasteiger partial charge in [-0.05, 0) is 0 Å². The monoisotopic (exact) mass is 190 g/mol. The van der Waals surface area contributed by atoms with Gasteiger partial charge in [0.25, 0.3) is 5.91 Å². The number of sulfonamides is 1. The minimum atomic E-state index is -3.53. The van der Waals surface area contributed by atoms with Crippen LogP contribution in [0.4, 0.5) is 0 Å². The van der Waals surface area contributed by atoms with Gasteiger partial charge in [0, 0.05) is 6.42 Å². The molecule has 0 aromatic carbocycles. The van der Waals surface area contributed by atoms with E-state index in [1.165, 1.54) is 0 Å². The fourth-order valence-corrected chi connectivity index (χ4v) is 0.995. The van der Waals surface area contributed by atoms with Crippen LogP contribution in [0, 0.1) is 12.3 Å². The molecule has 1 amide bonds. The van der Waals surface area contributed by atoms with E-state index in [1.807, 2.05) is 0 Å². The van der Waals surface area contributed by atoms with Gasteiger partial charge in [0.15, 0.2) is 0 Å². The van der Waals surface area contributed by atoms with Crippen LogP contribution in [0.2, 0.25) is 0 Å². The highest BCUT2D eigenvalue weighted by Gasteiger charge is 2.15. The summed E-state index contributed by atoms with van der Waals surface area (Å²) in [5, 5.41) is 0. The molecule has 12 heavy (non-hydrogen) atoms. The average molecular weight is 190 g/mol. The number of nitrogens with two attached hydrogens (primary N) is 1. The zero-order valence-corrected chi connectivity index (χ0v) is 7.39. The van der Waals surface area contributed by atoms with Crippen LogP contribution in [-0.2, 0) is 14.8 Å². The third-order valence-corrected chi connectivity index (χ3v) is 1.53. The number of amides is 1. The summed E-state index contributed by atoms with van der Waals surface area (Å²) >= 11 is 0. The van der Waals surface area contributed by atoms with E-state index < -0.39 is 22.0 Å². The summed E-state index contributed by atoms with van der Waals surface area (Å²) in [5.41, 5.74) is 5.22. The Morgan fingerprint density at radius 1 is 1.75 bits per heavy atom. The third-order valence-electron chi connectivity index (χ3n) is 0.961. The Kier molecular flexibility index (Phi) is 3.73. The molecule has 0 saturated carbocycles. The summed E-state index contributed by atoms with van der Waals surface area (Å²) in [5.74, 6) is 1.37. The van der Waals surface area contributed by atoms with Crippen molar-refractivity contribution < 1.29 is 13.2 Å². The van der Waals surface area contributed by atoms with Crippen molar-refractivity contribution in [1.82, 2.24) is 4.72 Å². The highest BCUT2D eigenvalue weighted by molar-refractivity contribution is 7.89. The second-order valence-electron chi connectivity index (χ2n) is 2.25. The van der Waals surface area contributed by atoms with Gasteiger partial charge in [-0.3, -0.25) is 9.52 Å². The molecule has 0 unspecified atom stereocenters. The van der Waals surface area contributed by atoms with Crippen molar-refractivity contribution >= 4 is 15.9 Å². The first kappa shape index (κ1) is 10.9. The van der Waals surface area contributed by atoms with E-state index in [1.54, 1.807) is 4.72 Å². The number of hydrogen-bond donors (Lipinski definition) is 2. The number of carbonyl (C=O) groups is 1. The standard InChI is InChI=1S/C6H10N2O3S/c1-3-4-5(7)6(9)8-12(2,10)11/h1,5H,4,7H2,2H3,(H,8,9)/t5-/m0/s1. The Bertz CT molecular complexity index is 301. The van der Waals surface area contributed by atoms with Crippen LogP contribution in [-0.4, -0.2) is 26.6 Å². The summed E-state index contributed by atoms with van der Waals surface area (Å²) in [6.45, 7) is 0. The lowest BCUT2D eigenvalue weighted by atomic mass is 10.2. The first-order valence-electron chi connectivity index (χ1n) is 3.07. The number of carbonyl (C=O) groups excluding carboxylic acids is 1. The summed E-state index contributed by atoms with van der Waals surface area (Å²) in [6.07, 6.45) is 5.76. The van der Waals surface area contributed by atoms with Crippen molar-refractivity contribution in [1.29, 1.82) is 0 Å². The first-order valence-corrected chi connectivity index (χ1v) is 4.96. The fraction of sp³-hybridized carbons (Fsp3) is 0.500. The molecule has 0 saturated heterocycles. The van der Waals surface area contributed by atoms with E-state index in [0.717, 1.165) is 6.26 Å². The zero-order valence-electron chi connectivity index (χ0n) is 6.57. The number of hydrogen-bond acceptors (Lipinski definition) is 4. The molecule has 0 bridgehead atoms. The van der Waals surface area contributed by atoms with Gasteiger partial charge < -0.3 is 5.73 Å². The molecular weight excluding hydrogens is 180 g/mol. The van der Waals surface area contributed by atoms with Crippen LogP contribution in [0.15, 0.2) is 0 Å². The Balaban J connectivity index is 4.17. The smallest absolute Gasteiger partial charge is 0.251 e. The van der Waals surface area contributed by atoms with Crippen LogP contribution in [0.5, 0.6) is 0 Å². The quantitative estimate of drug-likeness (QED) is 0.525. The lowest BCUT2D eigenvalue weighted by Gasteiger charge is -2.06. The molecule has 0 aliphatic rings. The molecule has 6 heteroatoms. The molecule has 0 radical (unpaired) electrons. The lowest BCUT2D eigenvalue weighted by molar-refractivity contribution is -0.120. The van der Waals surface area contributed by atoms with Crippen LogP contribution in [0.3, 0.4) is 0 Å². The molecule has 0 rings (SSSR count). The van der Waals surface area contributed by atoms with Crippen molar-refractivity contribution in [3.05, 3.63) is 0 Å². The average Bonchev–Trinajstić information content (AvgIpc) is 1.84. The Morgan fingerprint density at radius 2 is 2.25 bits per heavy atom. The molecule has 0 fully saturated rings. The zero-order chi connectivity index (χ0) is 9.78. The molecule has 5 nitrogen and oxygen atoms in total. The van der Waals surface area contributed by atoms with Gasteiger partial charge in [-0.1, -0.05) is 0 Å². The van der Waals surface area contributed by atoms with Crippen molar-refractivity contribution in [2.75, 3.05) is 6.26 Å². The molecule has 0 aliphatic heterocycles. The molecule has 0 aromatic rings. The van der Waals surface area contributed by atoms with Crippen molar-refractivity contribution in [2.45, 2.75) is 12.5 Å². The number of nitrogens with one attached hydrogen (secondary N) is 1. The van der Waals surface area contributed by atoms with Gasteiger partial charge in [0.2, 0.25) is 10.0 Å². The molecule has 0 heterocycles. The van der Waals surface area contributed by atoms with Crippen molar-refractivity contribution in [2.24, 2.45) is 5.73 Å². The molecule has 0 aromatic heterocycles. The Labute approximate surface area is 71.4 Å². The Hall–Kier alpha value is -1.06. The second kappa shape index (κ2) is 4.09. The summed E-state index contributed by atoms with van der Waals surface area (Å²) in [4.78, 5) is 10.8. The van der Waals surface area contributed by atoms with Crippen LogP contribution < -0.4 is 10.5 Å². The fourth-order valence-electron chi connectivity index (χ4n) is 0.478. The molecule has 68 valence electrons. The predicted octanol–water partition coefficient (Wildman–Crippen LogP) is -1.59. The molecular formula is C6H10N2O3S. The maximum atomic E-state index is 10.8. The minimum absolute atomic E-state index is 0.0152. The van der Waals surface area contributed by atoms with E-state index in [0.29, 0.717) is 0 Å². The van der Waals surface area contributed by atoms with E-state index in [9.17, 15) is 13.2 Å². The van der Waals surface area contributed by atoms with Crippen LogP contribution in [0.1, 0.15) is 6.42 Å². The number of rotatable bonds is 3. The SMILES string of the molecule is C#CC[C@H](N)C(=O)NS(C)(=O)=O. The summed E-state index contributed by atoms with van der Waals surface area (Å²) < 4.78 is 22.7. The van der Waals surface area contributed by atoms with Gasteiger partial charge in [0.05, 0.1) is 12.3 Å². The number of terminal acetylenes is 1. The lowest BCUT2D eigenvalue weighted by Crippen LogP contribution is -2.42. The van der Waals surface area contributed by atoms with Crippen molar-refractivity contribution in [3.63, 3.8) is 0 Å². The first-order chi connectivity index (χ1) is 5.37. The van der Waals surface area contributed by atoms with Crippen LogP contribution in [0.25, 0.3) is 0 Å². The second-order valence-corrected chi connectivity index (χ2v) is 4.00. The highest BCUT2D eigenvalue weighted by Crippen LogP contribution is 1.87. The maximum absolute atomic E-state index is 10.8. The molecule has 0 spiro atoms. The van der Waals surface area contributed by atoms with Crippen LogP contribution >= 0.6 is 0 Å². The van der Waals surface area contributed by atoms with Crippen molar-refractivity contribution in [3.8, 4) is 12.3 Å². The van der Waals surface area contributed by atoms with Gasteiger partial charge in [-0.15, -0.1) is 12.3 Å². The molecule has 1 atom stereocenters. The van der Waals surface area contributed by atoms with E-state index in [-0.39, 0.29) is 6.42 Å². The maximum Gasteiger partial charge on any atom is 0.251 e. The molecule has 0 aliphatic carbocycles.